The highest BCUT2D eigenvalue weighted by atomic mass is 19.1. The Balaban J connectivity index is 1.57. The highest BCUT2D eigenvalue weighted by molar-refractivity contribution is 5.94. The molecule has 1 aromatic carbocycles. The number of hydrogen-bond acceptors (Lipinski definition) is 5. The summed E-state index contributed by atoms with van der Waals surface area (Å²) in [4.78, 5) is 29.8. The summed E-state index contributed by atoms with van der Waals surface area (Å²) in [7, 11) is 0. The lowest BCUT2D eigenvalue weighted by Gasteiger charge is -2.36. The maximum atomic E-state index is 13.6. The van der Waals surface area contributed by atoms with E-state index < -0.39 is 17.9 Å². The number of hydrogen-bond donors (Lipinski definition) is 2. The Kier molecular flexibility index (Phi) is 7.88. The van der Waals surface area contributed by atoms with Gasteiger partial charge in [0, 0.05) is 37.5 Å². The third-order valence-corrected chi connectivity index (χ3v) is 5.39. The van der Waals surface area contributed by atoms with Gasteiger partial charge in [-0.25, -0.2) is 14.2 Å². The van der Waals surface area contributed by atoms with Crippen molar-refractivity contribution in [1.29, 1.82) is 0 Å². The van der Waals surface area contributed by atoms with E-state index >= 15 is 0 Å². The SMILES string of the molecule is O=C(N[C@H](CCCO)C1CCN(C(=O)Oc2cccnc2F)CC1)c1ccc(F)cc1. The largest absolute Gasteiger partial charge is 0.415 e. The number of rotatable bonds is 7. The van der Waals surface area contributed by atoms with Crippen LogP contribution in [0.25, 0.3) is 0 Å². The molecular formula is C22H25F2N3O4. The van der Waals surface area contributed by atoms with E-state index in [1.807, 2.05) is 0 Å². The number of ether oxygens (including phenoxy) is 1. The van der Waals surface area contributed by atoms with Gasteiger partial charge < -0.3 is 20.1 Å². The van der Waals surface area contributed by atoms with Crippen molar-refractivity contribution in [2.45, 2.75) is 31.7 Å². The van der Waals surface area contributed by atoms with Crippen molar-refractivity contribution >= 4 is 12.0 Å². The minimum Gasteiger partial charge on any atom is -0.405 e. The average Bonchev–Trinajstić information content (AvgIpc) is 2.78. The number of carbonyl (C=O) groups excluding carboxylic acids is 2. The molecule has 0 radical (unpaired) electrons. The number of likely N-dealkylation sites (tertiary alicyclic amines) is 1. The number of nitrogens with zero attached hydrogens (tertiary/aromatic N) is 2. The highest BCUT2D eigenvalue weighted by Gasteiger charge is 2.30. The van der Waals surface area contributed by atoms with E-state index in [0.29, 0.717) is 44.3 Å². The molecule has 2 heterocycles. The van der Waals surface area contributed by atoms with Crippen molar-refractivity contribution in [1.82, 2.24) is 15.2 Å². The van der Waals surface area contributed by atoms with E-state index in [4.69, 9.17) is 4.74 Å². The Labute approximate surface area is 179 Å². The first kappa shape index (κ1) is 22.6. The first-order valence-corrected chi connectivity index (χ1v) is 10.2. The van der Waals surface area contributed by atoms with Crippen LogP contribution in [0, 0.1) is 17.7 Å². The van der Waals surface area contributed by atoms with Crippen LogP contribution in [0.15, 0.2) is 42.6 Å². The van der Waals surface area contributed by atoms with Gasteiger partial charge in [0.1, 0.15) is 5.82 Å². The maximum Gasteiger partial charge on any atom is 0.415 e. The molecule has 31 heavy (non-hydrogen) atoms. The fourth-order valence-electron chi connectivity index (χ4n) is 3.68. The lowest BCUT2D eigenvalue weighted by Crippen LogP contribution is -2.47. The molecule has 166 valence electrons. The molecule has 1 saturated heterocycles. The second kappa shape index (κ2) is 10.8. The number of amides is 2. The van der Waals surface area contributed by atoms with Gasteiger partial charge in [0.2, 0.25) is 0 Å². The molecule has 1 fully saturated rings. The monoisotopic (exact) mass is 433 g/mol. The van der Waals surface area contributed by atoms with Gasteiger partial charge in [-0.15, -0.1) is 0 Å². The number of aliphatic hydroxyl groups is 1. The van der Waals surface area contributed by atoms with E-state index in [9.17, 15) is 23.5 Å². The van der Waals surface area contributed by atoms with Crippen molar-refractivity contribution in [3.05, 3.63) is 59.9 Å². The summed E-state index contributed by atoms with van der Waals surface area (Å²) >= 11 is 0. The standard InChI is InChI=1S/C22H25F2N3O4/c23-17-7-5-16(6-8-17)21(29)26-18(3-2-14-28)15-9-12-27(13-10-15)22(30)31-19-4-1-11-25-20(19)24/h1,4-8,11,15,18,28H,2-3,9-10,12-14H2,(H,26,29)/t18-/m1/s1. The molecule has 0 spiro atoms. The molecular weight excluding hydrogens is 408 g/mol. The molecule has 0 unspecified atom stereocenters. The summed E-state index contributed by atoms with van der Waals surface area (Å²) in [6, 6.07) is 7.92. The van der Waals surface area contributed by atoms with E-state index in [1.165, 1.54) is 47.5 Å². The zero-order valence-electron chi connectivity index (χ0n) is 17.0. The summed E-state index contributed by atoms with van der Waals surface area (Å²) in [6.07, 6.45) is 2.96. The number of pyridine rings is 1. The fourth-order valence-corrected chi connectivity index (χ4v) is 3.68. The van der Waals surface area contributed by atoms with Gasteiger partial charge in [0.15, 0.2) is 5.75 Å². The van der Waals surface area contributed by atoms with Gasteiger partial charge >= 0.3 is 6.09 Å². The molecule has 2 amide bonds. The maximum absolute atomic E-state index is 13.6. The number of carbonyl (C=O) groups is 2. The van der Waals surface area contributed by atoms with Crippen LogP contribution in [0.5, 0.6) is 5.75 Å². The Morgan fingerprint density at radius 1 is 1.19 bits per heavy atom. The lowest BCUT2D eigenvalue weighted by atomic mass is 9.86. The highest BCUT2D eigenvalue weighted by Crippen LogP contribution is 2.25. The Morgan fingerprint density at radius 2 is 1.90 bits per heavy atom. The molecule has 0 aliphatic carbocycles. The first-order valence-electron chi connectivity index (χ1n) is 10.2. The van der Waals surface area contributed by atoms with Gasteiger partial charge in [0.05, 0.1) is 0 Å². The van der Waals surface area contributed by atoms with Gasteiger partial charge in [-0.1, -0.05) is 0 Å². The van der Waals surface area contributed by atoms with Crippen LogP contribution in [-0.4, -0.2) is 52.7 Å². The summed E-state index contributed by atoms with van der Waals surface area (Å²) < 4.78 is 31.8. The van der Waals surface area contributed by atoms with Crippen LogP contribution < -0.4 is 10.1 Å². The number of piperidine rings is 1. The van der Waals surface area contributed by atoms with Gasteiger partial charge in [0.25, 0.3) is 11.9 Å². The van der Waals surface area contributed by atoms with Crippen LogP contribution in [0.1, 0.15) is 36.0 Å². The molecule has 1 aliphatic heterocycles. The molecule has 7 nitrogen and oxygen atoms in total. The molecule has 1 aliphatic rings. The molecule has 2 aromatic rings. The molecule has 1 aromatic heterocycles. The Bertz CT molecular complexity index is 887. The predicted octanol–water partition coefficient (Wildman–Crippen LogP) is 3.14. The molecule has 2 N–H and O–H groups in total. The van der Waals surface area contributed by atoms with E-state index in [2.05, 4.69) is 10.3 Å². The van der Waals surface area contributed by atoms with E-state index in [0.717, 1.165) is 0 Å². The van der Waals surface area contributed by atoms with Gasteiger partial charge in [-0.3, -0.25) is 4.79 Å². The van der Waals surface area contributed by atoms with Crippen molar-refractivity contribution in [2.24, 2.45) is 5.92 Å². The van der Waals surface area contributed by atoms with Crippen molar-refractivity contribution in [3.63, 3.8) is 0 Å². The molecule has 3 rings (SSSR count). The van der Waals surface area contributed by atoms with Crippen LogP contribution in [0.3, 0.4) is 0 Å². The number of aliphatic hydroxyl groups excluding tert-OH is 1. The van der Waals surface area contributed by atoms with Crippen molar-refractivity contribution in [3.8, 4) is 5.75 Å². The van der Waals surface area contributed by atoms with Gasteiger partial charge in [-0.2, -0.15) is 4.39 Å². The number of aromatic nitrogens is 1. The summed E-state index contributed by atoms with van der Waals surface area (Å²) in [5.74, 6) is -1.70. The molecule has 1 atom stereocenters. The number of benzene rings is 1. The van der Waals surface area contributed by atoms with E-state index in [1.54, 1.807) is 0 Å². The third-order valence-electron chi connectivity index (χ3n) is 5.39. The Morgan fingerprint density at radius 3 is 2.55 bits per heavy atom. The molecule has 9 heteroatoms. The molecule has 0 saturated carbocycles. The second-order valence-corrected chi connectivity index (χ2v) is 7.44. The van der Waals surface area contributed by atoms with Crippen molar-refractivity contribution in [2.75, 3.05) is 19.7 Å². The van der Waals surface area contributed by atoms with Crippen LogP contribution in [-0.2, 0) is 0 Å². The summed E-state index contributed by atoms with van der Waals surface area (Å²) in [5.41, 5.74) is 0.356. The third kappa shape index (κ3) is 6.21. The molecule has 0 bridgehead atoms. The smallest absolute Gasteiger partial charge is 0.405 e. The van der Waals surface area contributed by atoms with Crippen LogP contribution >= 0.6 is 0 Å². The summed E-state index contributed by atoms with van der Waals surface area (Å²) in [5, 5.41) is 12.2. The second-order valence-electron chi connectivity index (χ2n) is 7.44. The minimum atomic E-state index is -0.849. The first-order chi connectivity index (χ1) is 15.0. The fraction of sp³-hybridized carbons (Fsp3) is 0.409. The van der Waals surface area contributed by atoms with Crippen LogP contribution in [0.2, 0.25) is 0 Å². The average molecular weight is 433 g/mol. The quantitative estimate of drug-likeness (QED) is 0.655. The Hall–Kier alpha value is -3.07. The zero-order chi connectivity index (χ0) is 22.2. The minimum absolute atomic E-state index is 0.00473. The van der Waals surface area contributed by atoms with Crippen LogP contribution in [0.4, 0.5) is 13.6 Å². The topological polar surface area (TPSA) is 91.8 Å². The summed E-state index contributed by atoms with van der Waals surface area (Å²) in [6.45, 7) is 0.797. The van der Waals surface area contributed by atoms with Crippen molar-refractivity contribution < 1.29 is 28.2 Å². The van der Waals surface area contributed by atoms with Gasteiger partial charge in [-0.05, 0) is 68.0 Å². The number of nitrogens with one attached hydrogen (secondary N) is 1. The number of halogens is 2. The lowest BCUT2D eigenvalue weighted by molar-refractivity contribution is 0.0872. The predicted molar refractivity (Wildman–Crippen MR) is 108 cm³/mol. The zero-order valence-corrected chi connectivity index (χ0v) is 17.0. The van der Waals surface area contributed by atoms with E-state index in [-0.39, 0.29) is 30.2 Å². The normalized spacial score (nSPS) is 15.4.